The predicted molar refractivity (Wildman–Crippen MR) is 44.1 cm³/mol. The molecule has 4 nitrogen and oxygen atoms in total. The molecule has 0 bridgehead atoms. The molecule has 1 aromatic carbocycles. The Morgan fingerprint density at radius 2 is 1.77 bits per heavy atom. The number of methoxy groups -OCH3 is 1. The molecule has 4 heteroatoms. The van der Waals surface area contributed by atoms with Crippen LogP contribution in [0.5, 0.6) is 11.5 Å². The fourth-order valence-electron chi connectivity index (χ4n) is 0.917. The molecular formula is C9H6N2O2. The molecule has 0 radical (unpaired) electrons. The molecule has 0 fully saturated rings. The van der Waals surface area contributed by atoms with Crippen molar-refractivity contribution in [3.05, 3.63) is 23.3 Å². The lowest BCUT2D eigenvalue weighted by molar-refractivity contribution is 0.373. The molecule has 0 saturated heterocycles. The Morgan fingerprint density at radius 3 is 2.23 bits per heavy atom. The smallest absolute Gasteiger partial charge is 0.161 e. The second-order valence-electron chi connectivity index (χ2n) is 2.29. The maximum absolute atomic E-state index is 9.26. The highest BCUT2D eigenvalue weighted by Gasteiger charge is 2.08. The largest absolute Gasteiger partial charge is 0.504 e. The van der Waals surface area contributed by atoms with Gasteiger partial charge in [-0.2, -0.15) is 10.5 Å². The number of benzene rings is 1. The molecule has 0 aromatic heterocycles. The first-order valence-electron chi connectivity index (χ1n) is 3.44. The zero-order valence-electron chi connectivity index (χ0n) is 6.90. The van der Waals surface area contributed by atoms with E-state index in [1.807, 2.05) is 6.07 Å². The van der Waals surface area contributed by atoms with Crippen LogP contribution < -0.4 is 4.74 Å². The average molecular weight is 174 g/mol. The quantitative estimate of drug-likeness (QED) is 0.692. The number of ether oxygens (including phenoxy) is 1. The second-order valence-corrected chi connectivity index (χ2v) is 2.29. The van der Waals surface area contributed by atoms with Crippen LogP contribution in [-0.2, 0) is 0 Å². The van der Waals surface area contributed by atoms with Crippen LogP contribution in [0.1, 0.15) is 11.1 Å². The molecule has 0 heterocycles. The number of hydrogen-bond acceptors (Lipinski definition) is 4. The maximum atomic E-state index is 9.26. The molecule has 0 aliphatic heterocycles. The third kappa shape index (κ3) is 1.52. The van der Waals surface area contributed by atoms with Crippen molar-refractivity contribution in [3.63, 3.8) is 0 Å². The van der Waals surface area contributed by atoms with Crippen LogP contribution in [0.15, 0.2) is 12.1 Å². The average Bonchev–Trinajstić information content (AvgIpc) is 2.17. The highest BCUT2D eigenvalue weighted by molar-refractivity contribution is 5.55. The van der Waals surface area contributed by atoms with Gasteiger partial charge < -0.3 is 9.84 Å². The number of phenols is 1. The summed E-state index contributed by atoms with van der Waals surface area (Å²) in [6, 6.07) is 6.17. The number of nitriles is 2. The van der Waals surface area contributed by atoms with Gasteiger partial charge >= 0.3 is 0 Å². The van der Waals surface area contributed by atoms with Gasteiger partial charge in [-0.25, -0.2) is 0 Å². The summed E-state index contributed by atoms with van der Waals surface area (Å²) in [5.74, 6) is 0.0496. The van der Waals surface area contributed by atoms with Gasteiger partial charge in [0.05, 0.1) is 18.2 Å². The van der Waals surface area contributed by atoms with E-state index in [-0.39, 0.29) is 22.6 Å². The summed E-state index contributed by atoms with van der Waals surface area (Å²) in [4.78, 5) is 0. The van der Waals surface area contributed by atoms with Gasteiger partial charge in [-0.1, -0.05) is 0 Å². The van der Waals surface area contributed by atoms with Gasteiger partial charge in [0.25, 0.3) is 0 Å². The van der Waals surface area contributed by atoms with Gasteiger partial charge in [0.1, 0.15) is 12.1 Å². The standard InChI is InChI=1S/C9H6N2O2/c1-13-9-3-7(5-11)6(4-10)2-8(9)12/h2-3,12H,1H3. The van der Waals surface area contributed by atoms with E-state index in [9.17, 15) is 5.11 Å². The summed E-state index contributed by atoms with van der Waals surface area (Å²) < 4.78 is 4.78. The maximum Gasteiger partial charge on any atom is 0.161 e. The molecule has 0 aliphatic rings. The Bertz CT molecular complexity index is 413. The van der Waals surface area contributed by atoms with Crippen LogP contribution in [-0.4, -0.2) is 12.2 Å². The van der Waals surface area contributed by atoms with Crippen molar-refractivity contribution in [2.24, 2.45) is 0 Å². The van der Waals surface area contributed by atoms with Crippen molar-refractivity contribution in [1.82, 2.24) is 0 Å². The topological polar surface area (TPSA) is 77.0 Å². The monoisotopic (exact) mass is 174 g/mol. The van der Waals surface area contributed by atoms with Crippen molar-refractivity contribution in [2.45, 2.75) is 0 Å². The van der Waals surface area contributed by atoms with Gasteiger partial charge in [-0.15, -0.1) is 0 Å². The molecule has 13 heavy (non-hydrogen) atoms. The van der Waals surface area contributed by atoms with Crippen LogP contribution in [0.25, 0.3) is 0 Å². The Morgan fingerprint density at radius 1 is 1.23 bits per heavy atom. The van der Waals surface area contributed by atoms with Crippen LogP contribution in [0, 0.1) is 22.7 Å². The number of phenolic OH excluding ortho intramolecular Hbond substituents is 1. The first-order chi connectivity index (χ1) is 6.22. The summed E-state index contributed by atoms with van der Waals surface area (Å²) >= 11 is 0. The molecule has 0 unspecified atom stereocenters. The lowest BCUT2D eigenvalue weighted by Gasteiger charge is -2.03. The number of aromatic hydroxyl groups is 1. The number of hydrogen-bond donors (Lipinski definition) is 1. The van der Waals surface area contributed by atoms with E-state index in [2.05, 4.69) is 0 Å². The Kier molecular flexibility index (Phi) is 2.37. The minimum atomic E-state index is -0.141. The van der Waals surface area contributed by atoms with E-state index in [4.69, 9.17) is 15.3 Å². The zero-order chi connectivity index (χ0) is 9.84. The normalized spacial score (nSPS) is 8.54. The van der Waals surface area contributed by atoms with E-state index in [1.54, 1.807) is 6.07 Å². The van der Waals surface area contributed by atoms with Gasteiger partial charge in [-0.3, -0.25) is 0 Å². The second kappa shape index (κ2) is 3.46. The van der Waals surface area contributed by atoms with Gasteiger partial charge in [0.2, 0.25) is 0 Å². The minimum Gasteiger partial charge on any atom is -0.504 e. The molecule has 0 spiro atoms. The van der Waals surface area contributed by atoms with Gasteiger partial charge in [0.15, 0.2) is 11.5 Å². The minimum absolute atomic E-state index is 0.140. The molecule has 0 atom stereocenters. The van der Waals surface area contributed by atoms with Crippen molar-refractivity contribution in [1.29, 1.82) is 10.5 Å². The molecule has 1 rings (SSSR count). The van der Waals surface area contributed by atoms with Gasteiger partial charge in [0, 0.05) is 12.1 Å². The zero-order valence-corrected chi connectivity index (χ0v) is 6.90. The predicted octanol–water partition coefficient (Wildman–Crippen LogP) is 1.14. The van der Waals surface area contributed by atoms with Crippen LogP contribution in [0.3, 0.4) is 0 Å². The van der Waals surface area contributed by atoms with Crippen molar-refractivity contribution >= 4 is 0 Å². The molecule has 1 aromatic rings. The summed E-state index contributed by atoms with van der Waals surface area (Å²) in [5, 5.41) is 26.5. The Balaban J connectivity index is 3.39. The van der Waals surface area contributed by atoms with E-state index in [0.717, 1.165) is 0 Å². The fraction of sp³-hybridized carbons (Fsp3) is 0.111. The first-order valence-corrected chi connectivity index (χ1v) is 3.44. The Hall–Kier alpha value is -2.20. The fourth-order valence-corrected chi connectivity index (χ4v) is 0.917. The van der Waals surface area contributed by atoms with Crippen LogP contribution in [0.4, 0.5) is 0 Å². The molecule has 64 valence electrons. The van der Waals surface area contributed by atoms with E-state index < -0.39 is 0 Å². The summed E-state index contributed by atoms with van der Waals surface area (Å²) in [6.45, 7) is 0. The van der Waals surface area contributed by atoms with Crippen LogP contribution >= 0.6 is 0 Å². The highest BCUT2D eigenvalue weighted by Crippen LogP contribution is 2.28. The van der Waals surface area contributed by atoms with Gasteiger partial charge in [-0.05, 0) is 0 Å². The summed E-state index contributed by atoms with van der Waals surface area (Å²) in [5.41, 5.74) is 0.331. The first kappa shape index (κ1) is 8.89. The van der Waals surface area contributed by atoms with E-state index >= 15 is 0 Å². The van der Waals surface area contributed by atoms with Crippen molar-refractivity contribution in [3.8, 4) is 23.6 Å². The third-order valence-corrected chi connectivity index (χ3v) is 1.56. The molecular weight excluding hydrogens is 168 g/mol. The van der Waals surface area contributed by atoms with E-state index in [1.165, 1.54) is 19.2 Å². The highest BCUT2D eigenvalue weighted by atomic mass is 16.5. The van der Waals surface area contributed by atoms with Crippen molar-refractivity contribution < 1.29 is 9.84 Å². The summed E-state index contributed by atoms with van der Waals surface area (Å²) in [6.07, 6.45) is 0. The Labute approximate surface area is 75.2 Å². The molecule has 0 aliphatic carbocycles. The molecule has 0 amide bonds. The lowest BCUT2D eigenvalue weighted by Crippen LogP contribution is -1.88. The van der Waals surface area contributed by atoms with E-state index in [0.29, 0.717) is 0 Å². The number of nitrogens with zero attached hydrogens (tertiary/aromatic N) is 2. The number of rotatable bonds is 1. The third-order valence-electron chi connectivity index (χ3n) is 1.56. The lowest BCUT2D eigenvalue weighted by atomic mass is 10.1. The summed E-state index contributed by atoms with van der Waals surface area (Å²) in [7, 11) is 1.38. The van der Waals surface area contributed by atoms with Crippen molar-refractivity contribution in [2.75, 3.05) is 7.11 Å². The molecule has 0 saturated carbocycles. The van der Waals surface area contributed by atoms with Crippen LogP contribution in [0.2, 0.25) is 0 Å². The SMILES string of the molecule is COc1cc(C#N)c(C#N)cc1O. The molecule has 1 N–H and O–H groups in total.